The number of phenols is 1. The molecule has 0 aromatic heterocycles. The minimum absolute atomic E-state index is 0. The van der Waals surface area contributed by atoms with Crippen LogP contribution in [0.1, 0.15) is 153 Å². The molecule has 0 aliphatic carbocycles. The van der Waals surface area contributed by atoms with Gasteiger partial charge in [-0.1, -0.05) is 142 Å². The van der Waals surface area contributed by atoms with Crippen molar-refractivity contribution in [2.24, 2.45) is 0 Å². The summed E-state index contributed by atoms with van der Waals surface area (Å²) in [5, 5.41) is 20.8. The Kier molecular flexibility index (Phi) is 26.4. The molecular weight excluding hydrogens is 665 g/mol. The van der Waals surface area contributed by atoms with Crippen LogP contribution in [-0.4, -0.2) is 68.8 Å². The molecule has 0 radical (unpaired) electrons. The molecule has 8 nitrogen and oxygen atoms in total. The van der Waals surface area contributed by atoms with Crippen LogP contribution in [0.2, 0.25) is 0 Å². The number of benzene rings is 2. The van der Waals surface area contributed by atoms with Crippen molar-refractivity contribution in [2.45, 2.75) is 165 Å². The standard InChI is InChI=1S/2C18H30O4S.Ca/c2*1-2-3-4-5-6-7-8-9-10-11-12-16-15-17(19)13-14-18(16)23(20,21)22;/h2*13-15,19H,2-12H2,1H3,(H,20,21,22);/q;;+2/p-2. The van der Waals surface area contributed by atoms with Gasteiger partial charge in [-0.15, -0.1) is 5.75 Å². The Morgan fingerprint density at radius 1 is 0.553 bits per heavy atom. The molecule has 0 heterocycles. The molecule has 47 heavy (non-hydrogen) atoms. The zero-order valence-electron chi connectivity index (χ0n) is 28.9. The van der Waals surface area contributed by atoms with Gasteiger partial charge in [0.15, 0.2) is 0 Å². The second kappa shape index (κ2) is 26.9. The number of hydrogen-bond donors (Lipinski definition) is 2. The first kappa shape index (κ1) is 46.1. The molecule has 264 valence electrons. The molecule has 0 bridgehead atoms. The van der Waals surface area contributed by atoms with Crippen LogP contribution in [-0.2, 0) is 33.1 Å². The Morgan fingerprint density at radius 2 is 0.915 bits per heavy atom. The van der Waals surface area contributed by atoms with Crippen molar-refractivity contribution in [3.8, 4) is 11.5 Å². The molecule has 2 aromatic rings. The van der Waals surface area contributed by atoms with Gasteiger partial charge >= 0.3 is 37.7 Å². The monoisotopic (exact) mass is 722 g/mol. The van der Waals surface area contributed by atoms with Gasteiger partial charge < -0.3 is 14.8 Å². The van der Waals surface area contributed by atoms with E-state index in [0.29, 0.717) is 24.0 Å². The maximum absolute atomic E-state index is 11.4. The summed E-state index contributed by atoms with van der Waals surface area (Å²) < 4.78 is 65.4. The smallest absolute Gasteiger partial charge is 0.872 e. The first-order valence-electron chi connectivity index (χ1n) is 17.4. The molecule has 0 unspecified atom stereocenters. The topological polar surface area (TPSA) is 155 Å². The summed E-state index contributed by atoms with van der Waals surface area (Å²) >= 11 is 0. The van der Waals surface area contributed by atoms with E-state index in [0.717, 1.165) is 50.7 Å². The maximum atomic E-state index is 11.4. The summed E-state index contributed by atoms with van der Waals surface area (Å²) in [6, 6.07) is 7.51. The van der Waals surface area contributed by atoms with Crippen LogP contribution >= 0.6 is 0 Å². The number of aryl methyl sites for hydroxylation is 2. The van der Waals surface area contributed by atoms with Crippen LogP contribution in [0.15, 0.2) is 46.2 Å². The Labute approximate surface area is 315 Å². The normalized spacial score (nSPS) is 11.5. The fourth-order valence-corrected chi connectivity index (χ4v) is 7.06. The van der Waals surface area contributed by atoms with Crippen LogP contribution in [0.4, 0.5) is 0 Å². The summed E-state index contributed by atoms with van der Waals surface area (Å²) in [6.45, 7) is 4.44. The molecule has 0 saturated carbocycles. The summed E-state index contributed by atoms with van der Waals surface area (Å²) in [5.74, 6) is -0.223. The predicted molar refractivity (Wildman–Crippen MR) is 189 cm³/mol. The fraction of sp³-hybridized carbons (Fsp3) is 0.667. The van der Waals surface area contributed by atoms with Gasteiger partial charge in [0.05, 0.1) is 9.79 Å². The molecule has 0 saturated heterocycles. The van der Waals surface area contributed by atoms with Crippen molar-refractivity contribution >= 4 is 58.0 Å². The molecule has 0 fully saturated rings. The van der Waals surface area contributed by atoms with E-state index in [4.69, 9.17) is 0 Å². The first-order chi connectivity index (χ1) is 21.9. The summed E-state index contributed by atoms with van der Waals surface area (Å²) in [5.41, 5.74) is 0.860. The summed E-state index contributed by atoms with van der Waals surface area (Å²) in [7, 11) is -8.73. The van der Waals surface area contributed by atoms with Crippen LogP contribution in [0, 0.1) is 0 Å². The number of hydrogen-bond acceptors (Lipinski definition) is 7. The van der Waals surface area contributed by atoms with E-state index < -0.39 is 20.2 Å². The first-order valence-corrected chi connectivity index (χ1v) is 20.3. The van der Waals surface area contributed by atoms with Gasteiger partial charge in [0.2, 0.25) is 0 Å². The van der Waals surface area contributed by atoms with Crippen LogP contribution < -0.4 is 5.11 Å². The number of rotatable bonds is 24. The van der Waals surface area contributed by atoms with Gasteiger partial charge in [-0.05, 0) is 61.1 Å². The minimum Gasteiger partial charge on any atom is -0.872 e. The van der Waals surface area contributed by atoms with Gasteiger partial charge in [-0.2, -0.15) is 8.42 Å². The van der Waals surface area contributed by atoms with Gasteiger partial charge in [0.25, 0.3) is 10.1 Å². The molecule has 0 atom stereocenters. The maximum Gasteiger partial charge on any atom is 2.00 e. The fourth-order valence-electron chi connectivity index (χ4n) is 5.61. The third kappa shape index (κ3) is 22.5. The average Bonchev–Trinajstić information content (AvgIpc) is 2.98. The molecule has 2 aromatic carbocycles. The SMILES string of the molecule is CCCCCCCCCCCCc1cc(O)ccc1S(=O)(=O)O.CCCCCCCCCCCCc1cc([O-])ccc1S(=O)(=O)[O-].[Ca+2]. The van der Waals surface area contributed by atoms with Crippen LogP contribution in [0.5, 0.6) is 11.5 Å². The van der Waals surface area contributed by atoms with Crippen LogP contribution in [0.3, 0.4) is 0 Å². The number of aromatic hydroxyl groups is 1. The third-order valence-electron chi connectivity index (χ3n) is 8.22. The second-order valence-corrected chi connectivity index (χ2v) is 15.1. The Balaban J connectivity index is 0.000000882. The van der Waals surface area contributed by atoms with Gasteiger partial charge in [-0.25, -0.2) is 8.42 Å². The van der Waals surface area contributed by atoms with E-state index in [1.807, 2.05) is 0 Å². The van der Waals surface area contributed by atoms with E-state index in [1.54, 1.807) is 0 Å². The van der Waals surface area contributed by atoms with E-state index in [1.165, 1.54) is 114 Å². The van der Waals surface area contributed by atoms with Crippen molar-refractivity contribution < 1.29 is 36.2 Å². The van der Waals surface area contributed by atoms with E-state index in [9.17, 15) is 36.2 Å². The quantitative estimate of drug-likeness (QED) is 0.0619. The number of phenolic OH excluding ortho intramolecular Hbond substituents is 1. The molecule has 0 spiro atoms. The Hall–Kier alpha value is -0.880. The second-order valence-electron chi connectivity index (χ2n) is 12.4. The predicted octanol–water partition coefficient (Wildman–Crippen LogP) is 8.85. The number of unbranched alkanes of at least 4 members (excludes halogenated alkanes) is 18. The zero-order chi connectivity index (χ0) is 34.3. The molecule has 0 aliphatic heterocycles. The van der Waals surface area contributed by atoms with Crippen molar-refractivity contribution in [2.75, 3.05) is 0 Å². The zero-order valence-corrected chi connectivity index (χ0v) is 32.7. The molecule has 11 heteroatoms. The van der Waals surface area contributed by atoms with E-state index in [-0.39, 0.29) is 59.0 Å². The van der Waals surface area contributed by atoms with E-state index in [2.05, 4.69) is 13.8 Å². The largest absolute Gasteiger partial charge is 2.00 e. The van der Waals surface area contributed by atoms with Crippen molar-refractivity contribution in [3.63, 3.8) is 0 Å². The molecule has 2 N–H and O–H groups in total. The van der Waals surface area contributed by atoms with Gasteiger partial charge in [0, 0.05) is 0 Å². The molecular formula is C36H58CaO8S2. The minimum atomic E-state index is -4.50. The van der Waals surface area contributed by atoms with Crippen molar-refractivity contribution in [3.05, 3.63) is 47.5 Å². The van der Waals surface area contributed by atoms with Gasteiger partial charge in [-0.3, -0.25) is 4.55 Å². The van der Waals surface area contributed by atoms with Crippen LogP contribution in [0.25, 0.3) is 0 Å². The van der Waals surface area contributed by atoms with Crippen molar-refractivity contribution in [1.82, 2.24) is 0 Å². The molecule has 0 aliphatic rings. The summed E-state index contributed by atoms with van der Waals surface area (Å²) in [6.07, 6.45) is 25.0. The summed E-state index contributed by atoms with van der Waals surface area (Å²) in [4.78, 5) is -0.334. The van der Waals surface area contributed by atoms with Gasteiger partial charge in [0.1, 0.15) is 15.9 Å². The van der Waals surface area contributed by atoms with Crippen molar-refractivity contribution in [1.29, 1.82) is 0 Å². The third-order valence-corrected chi connectivity index (χ3v) is 10.1. The molecule has 2 rings (SSSR count). The average molecular weight is 723 g/mol. The Morgan fingerprint density at radius 3 is 1.30 bits per heavy atom. The molecule has 0 amide bonds. The Bertz CT molecular complexity index is 1210. The van der Waals surface area contributed by atoms with E-state index >= 15 is 0 Å².